The molecule has 3 rings (SSSR count). The Morgan fingerprint density at radius 1 is 1.44 bits per heavy atom. The first-order valence-electron chi connectivity index (χ1n) is 5.69. The van der Waals surface area contributed by atoms with Crippen molar-refractivity contribution in [2.45, 2.75) is 19.9 Å². The van der Waals surface area contributed by atoms with Gasteiger partial charge in [0.15, 0.2) is 11.1 Å². The maximum atomic E-state index is 5.33. The topological polar surface area (TPSA) is 59.6 Å². The van der Waals surface area contributed by atoms with Gasteiger partial charge < -0.3 is 14.1 Å². The van der Waals surface area contributed by atoms with E-state index in [0.717, 1.165) is 22.3 Å². The molecule has 0 bridgehead atoms. The lowest BCUT2D eigenvalue weighted by Gasteiger charge is -2.02. The molecule has 0 radical (unpaired) electrons. The molecule has 1 N–H and O–H groups in total. The van der Waals surface area contributed by atoms with Crippen molar-refractivity contribution in [1.29, 1.82) is 0 Å². The van der Waals surface area contributed by atoms with Crippen molar-refractivity contribution in [1.82, 2.24) is 19.7 Å². The molecule has 2 heterocycles. The fourth-order valence-corrected chi connectivity index (χ4v) is 2.30. The van der Waals surface area contributed by atoms with E-state index in [1.165, 1.54) is 11.9 Å². The van der Waals surface area contributed by atoms with Gasteiger partial charge in [-0.2, -0.15) is 4.98 Å². The SMILES string of the molecule is Cc1ccc2[nH]c(=S)n(CCc3ncno3)c2c1. The van der Waals surface area contributed by atoms with Crippen LogP contribution in [0.25, 0.3) is 11.0 Å². The average molecular weight is 260 g/mol. The van der Waals surface area contributed by atoms with Gasteiger partial charge in [-0.15, -0.1) is 0 Å². The van der Waals surface area contributed by atoms with Crippen LogP contribution in [-0.2, 0) is 13.0 Å². The van der Waals surface area contributed by atoms with E-state index in [9.17, 15) is 0 Å². The minimum absolute atomic E-state index is 0.624. The van der Waals surface area contributed by atoms with Crippen molar-refractivity contribution < 1.29 is 4.52 Å². The van der Waals surface area contributed by atoms with Crippen molar-refractivity contribution >= 4 is 23.3 Å². The molecule has 0 fully saturated rings. The third kappa shape index (κ3) is 1.95. The Bertz CT molecular complexity index is 726. The van der Waals surface area contributed by atoms with E-state index in [-0.39, 0.29) is 0 Å². The van der Waals surface area contributed by atoms with Crippen molar-refractivity contribution in [3.8, 4) is 0 Å². The van der Waals surface area contributed by atoms with E-state index < -0.39 is 0 Å². The van der Waals surface area contributed by atoms with Crippen LogP contribution in [0.5, 0.6) is 0 Å². The van der Waals surface area contributed by atoms with E-state index in [0.29, 0.717) is 12.3 Å². The molecule has 0 saturated heterocycles. The fraction of sp³-hybridized carbons (Fsp3) is 0.250. The molecule has 3 aromatic rings. The first kappa shape index (κ1) is 11.2. The van der Waals surface area contributed by atoms with Gasteiger partial charge in [-0.05, 0) is 36.8 Å². The zero-order valence-corrected chi connectivity index (χ0v) is 10.7. The van der Waals surface area contributed by atoms with Crippen LogP contribution in [0.2, 0.25) is 0 Å². The lowest BCUT2D eigenvalue weighted by molar-refractivity contribution is 0.371. The number of hydrogen-bond donors (Lipinski definition) is 1. The maximum Gasteiger partial charge on any atom is 0.228 e. The van der Waals surface area contributed by atoms with Gasteiger partial charge in [-0.3, -0.25) is 0 Å². The largest absolute Gasteiger partial charge is 0.340 e. The molecule has 0 atom stereocenters. The van der Waals surface area contributed by atoms with Crippen LogP contribution >= 0.6 is 12.2 Å². The summed E-state index contributed by atoms with van der Waals surface area (Å²) in [5.74, 6) is 0.624. The second-order valence-electron chi connectivity index (χ2n) is 4.19. The summed E-state index contributed by atoms with van der Waals surface area (Å²) in [7, 11) is 0. The summed E-state index contributed by atoms with van der Waals surface area (Å²) in [6.07, 6.45) is 2.09. The first-order valence-corrected chi connectivity index (χ1v) is 6.09. The number of hydrogen-bond acceptors (Lipinski definition) is 4. The molecule has 0 unspecified atom stereocenters. The highest BCUT2D eigenvalue weighted by molar-refractivity contribution is 7.71. The highest BCUT2D eigenvalue weighted by Crippen LogP contribution is 2.16. The minimum Gasteiger partial charge on any atom is -0.340 e. The summed E-state index contributed by atoms with van der Waals surface area (Å²) in [6, 6.07) is 6.23. The molecule has 0 amide bonds. The molecule has 5 nitrogen and oxygen atoms in total. The highest BCUT2D eigenvalue weighted by atomic mass is 32.1. The standard InChI is InChI=1S/C12H12N4OS/c1-8-2-3-9-10(6-8)16(12(18)15-9)5-4-11-13-7-14-17-11/h2-3,6-7H,4-5H2,1H3,(H,15,18). The number of aromatic amines is 1. The van der Waals surface area contributed by atoms with Gasteiger partial charge in [0, 0.05) is 13.0 Å². The van der Waals surface area contributed by atoms with E-state index in [1.807, 2.05) is 6.07 Å². The summed E-state index contributed by atoms with van der Waals surface area (Å²) in [6.45, 7) is 2.79. The highest BCUT2D eigenvalue weighted by Gasteiger charge is 2.06. The molecule has 2 aromatic heterocycles. The van der Waals surface area contributed by atoms with Gasteiger partial charge in [0.25, 0.3) is 0 Å². The summed E-state index contributed by atoms with van der Waals surface area (Å²) in [5.41, 5.74) is 3.37. The third-order valence-electron chi connectivity index (χ3n) is 2.89. The first-order chi connectivity index (χ1) is 8.74. The van der Waals surface area contributed by atoms with Crippen molar-refractivity contribution in [3.05, 3.63) is 40.8 Å². The normalized spacial score (nSPS) is 11.2. The molecule has 0 aliphatic carbocycles. The number of benzene rings is 1. The quantitative estimate of drug-likeness (QED) is 0.735. The number of nitrogens with zero attached hydrogens (tertiary/aromatic N) is 3. The van der Waals surface area contributed by atoms with Gasteiger partial charge >= 0.3 is 0 Å². The zero-order valence-electron chi connectivity index (χ0n) is 9.88. The molecular formula is C12H12N4OS. The van der Waals surface area contributed by atoms with Crippen LogP contribution in [0.1, 0.15) is 11.5 Å². The number of aryl methyl sites for hydroxylation is 3. The van der Waals surface area contributed by atoms with Gasteiger partial charge in [-0.1, -0.05) is 11.2 Å². The number of nitrogens with one attached hydrogen (secondary N) is 1. The Hall–Kier alpha value is -1.95. The summed E-state index contributed by atoms with van der Waals surface area (Å²) in [5, 5.41) is 3.59. The Labute approximate surface area is 108 Å². The molecular weight excluding hydrogens is 248 g/mol. The van der Waals surface area contributed by atoms with Gasteiger partial charge in [-0.25, -0.2) is 0 Å². The molecule has 18 heavy (non-hydrogen) atoms. The van der Waals surface area contributed by atoms with E-state index in [2.05, 4.69) is 38.7 Å². The molecule has 0 saturated carbocycles. The predicted octanol–water partition coefficient (Wildman–Crippen LogP) is 2.63. The maximum absolute atomic E-state index is 5.33. The Morgan fingerprint density at radius 3 is 3.11 bits per heavy atom. The Morgan fingerprint density at radius 2 is 2.33 bits per heavy atom. The van der Waals surface area contributed by atoms with Crippen molar-refractivity contribution in [3.63, 3.8) is 0 Å². The van der Waals surface area contributed by atoms with E-state index >= 15 is 0 Å². The van der Waals surface area contributed by atoms with Crippen LogP contribution in [0.4, 0.5) is 0 Å². The minimum atomic E-state index is 0.624. The van der Waals surface area contributed by atoms with Gasteiger partial charge in [0.05, 0.1) is 11.0 Å². The molecule has 1 aromatic carbocycles. The van der Waals surface area contributed by atoms with Gasteiger partial charge in [0.1, 0.15) is 0 Å². The van der Waals surface area contributed by atoms with Crippen LogP contribution in [-0.4, -0.2) is 19.7 Å². The number of rotatable bonds is 3. The molecule has 0 spiro atoms. The van der Waals surface area contributed by atoms with E-state index in [1.54, 1.807) is 0 Å². The molecule has 6 heteroatoms. The Kier molecular flexibility index (Phi) is 2.71. The molecule has 0 aliphatic heterocycles. The predicted molar refractivity (Wildman–Crippen MR) is 69.9 cm³/mol. The number of imidazole rings is 1. The van der Waals surface area contributed by atoms with Crippen LogP contribution in [0, 0.1) is 11.7 Å². The monoisotopic (exact) mass is 260 g/mol. The number of aromatic nitrogens is 4. The number of H-pyrrole nitrogens is 1. The summed E-state index contributed by atoms with van der Waals surface area (Å²) in [4.78, 5) is 7.20. The van der Waals surface area contributed by atoms with Crippen LogP contribution in [0.15, 0.2) is 29.0 Å². The average Bonchev–Trinajstić information content (AvgIpc) is 2.94. The lowest BCUT2D eigenvalue weighted by Crippen LogP contribution is -2.01. The Balaban J connectivity index is 1.98. The summed E-state index contributed by atoms with van der Waals surface area (Å²) >= 11 is 5.33. The van der Waals surface area contributed by atoms with E-state index in [4.69, 9.17) is 16.7 Å². The second-order valence-corrected chi connectivity index (χ2v) is 4.57. The second kappa shape index (κ2) is 4.38. The molecule has 92 valence electrons. The summed E-state index contributed by atoms with van der Waals surface area (Å²) < 4.78 is 7.76. The smallest absolute Gasteiger partial charge is 0.228 e. The zero-order chi connectivity index (χ0) is 12.5. The van der Waals surface area contributed by atoms with Crippen LogP contribution < -0.4 is 0 Å². The molecule has 0 aliphatic rings. The fourth-order valence-electron chi connectivity index (χ4n) is 2.00. The van der Waals surface area contributed by atoms with Crippen molar-refractivity contribution in [2.24, 2.45) is 0 Å². The number of fused-ring (bicyclic) bond motifs is 1. The third-order valence-corrected chi connectivity index (χ3v) is 3.21. The van der Waals surface area contributed by atoms with Crippen molar-refractivity contribution in [2.75, 3.05) is 0 Å². The van der Waals surface area contributed by atoms with Gasteiger partial charge in [0.2, 0.25) is 5.89 Å². The van der Waals surface area contributed by atoms with Crippen LogP contribution in [0.3, 0.4) is 0 Å². The lowest BCUT2D eigenvalue weighted by atomic mass is 10.2.